The van der Waals surface area contributed by atoms with E-state index < -0.39 is 12.2 Å². The smallest absolute Gasteiger partial charge is 0.266 e. The highest BCUT2D eigenvalue weighted by Crippen LogP contribution is 2.33. The summed E-state index contributed by atoms with van der Waals surface area (Å²) in [6.45, 7) is 0.342. The molecule has 0 fully saturated rings. The number of benzodiazepines with no additional fused rings is 1. The largest absolute Gasteiger partial charge is 0.508 e. The van der Waals surface area contributed by atoms with Gasteiger partial charge in [0.15, 0.2) is 6.17 Å². The maximum Gasteiger partial charge on any atom is 0.266 e. The first-order valence-electron chi connectivity index (χ1n) is 19.3. The monoisotopic (exact) mass is 831 g/mol. The zero-order chi connectivity index (χ0) is 41.9. The summed E-state index contributed by atoms with van der Waals surface area (Å²) < 4.78 is 0. The maximum absolute atomic E-state index is 13.3. The molecule has 4 N–H and O–H groups in total. The van der Waals surface area contributed by atoms with Crippen molar-refractivity contribution in [1.29, 1.82) is 0 Å². The number of anilines is 2. The van der Waals surface area contributed by atoms with Crippen LogP contribution in [0.2, 0.25) is 10.0 Å². The summed E-state index contributed by atoms with van der Waals surface area (Å²) in [5, 5.41) is 15.8. The van der Waals surface area contributed by atoms with Gasteiger partial charge in [0.05, 0.1) is 29.2 Å². The molecule has 3 amide bonds. The molecule has 0 saturated heterocycles. The van der Waals surface area contributed by atoms with E-state index >= 15 is 0 Å². The van der Waals surface area contributed by atoms with Crippen molar-refractivity contribution in [2.24, 2.45) is 10.7 Å². The van der Waals surface area contributed by atoms with E-state index in [0.717, 1.165) is 38.6 Å². The van der Waals surface area contributed by atoms with Crippen molar-refractivity contribution in [2.45, 2.75) is 25.2 Å². The summed E-state index contributed by atoms with van der Waals surface area (Å²) in [4.78, 5) is 46.6. The third-order valence-electron chi connectivity index (χ3n) is 10.6. The molecule has 298 valence electrons. The van der Waals surface area contributed by atoms with Crippen LogP contribution in [-0.2, 0) is 22.6 Å². The van der Waals surface area contributed by atoms with Crippen molar-refractivity contribution < 1.29 is 19.5 Å². The minimum absolute atomic E-state index is 0.144. The van der Waals surface area contributed by atoms with Gasteiger partial charge in [-0.05, 0) is 93.7 Å². The molecule has 0 aliphatic carbocycles. The first kappa shape index (κ1) is 40.0. The van der Waals surface area contributed by atoms with Gasteiger partial charge in [0, 0.05) is 34.6 Å². The van der Waals surface area contributed by atoms with E-state index in [0.29, 0.717) is 51.2 Å². The molecule has 9 rings (SSSR count). The Morgan fingerprint density at radius 1 is 0.633 bits per heavy atom. The van der Waals surface area contributed by atoms with Gasteiger partial charge in [0.25, 0.3) is 11.8 Å². The number of hydrogen-bond acceptors (Lipinski definition) is 6. The number of rotatable bonds is 6. The molecule has 9 nitrogen and oxygen atoms in total. The number of likely N-dealkylation sites (N-methyl/N-ethyl adjacent to an activating group) is 1. The third kappa shape index (κ3) is 8.51. The maximum atomic E-state index is 13.3. The van der Waals surface area contributed by atoms with E-state index in [4.69, 9.17) is 28.9 Å². The highest BCUT2D eigenvalue weighted by molar-refractivity contribution is 6.32. The van der Waals surface area contributed by atoms with Gasteiger partial charge in [-0.3, -0.25) is 19.4 Å². The molecule has 2 heterocycles. The van der Waals surface area contributed by atoms with Gasteiger partial charge in [0.2, 0.25) is 5.91 Å². The molecule has 0 aromatic heterocycles. The van der Waals surface area contributed by atoms with Crippen molar-refractivity contribution in [1.82, 2.24) is 5.32 Å². The molecule has 7 aromatic carbocycles. The first-order valence-corrected chi connectivity index (χ1v) is 20.0. The summed E-state index contributed by atoms with van der Waals surface area (Å²) in [7, 11) is 1.68. The van der Waals surface area contributed by atoms with E-state index in [9.17, 15) is 19.5 Å². The van der Waals surface area contributed by atoms with Crippen molar-refractivity contribution in [2.75, 3.05) is 16.8 Å². The molecule has 0 radical (unpaired) electrons. The normalized spacial score (nSPS) is 16.1. The van der Waals surface area contributed by atoms with Crippen LogP contribution in [0.4, 0.5) is 11.4 Å². The van der Waals surface area contributed by atoms with Crippen molar-refractivity contribution in [3.05, 3.63) is 196 Å². The lowest BCUT2D eigenvalue weighted by molar-refractivity contribution is -0.120. The third-order valence-corrected chi connectivity index (χ3v) is 11.1. The summed E-state index contributed by atoms with van der Waals surface area (Å²) in [5.74, 6) is -0.590. The van der Waals surface area contributed by atoms with Crippen molar-refractivity contribution >= 4 is 68.8 Å². The van der Waals surface area contributed by atoms with Crippen LogP contribution in [0.1, 0.15) is 32.6 Å². The number of carbonyl (C=O) groups is 3. The van der Waals surface area contributed by atoms with E-state index in [-0.39, 0.29) is 23.5 Å². The van der Waals surface area contributed by atoms with Crippen LogP contribution in [0.3, 0.4) is 0 Å². The molecule has 2 unspecified atom stereocenters. The zero-order valence-electron chi connectivity index (χ0n) is 32.4. The quantitative estimate of drug-likeness (QED) is 0.154. The predicted octanol–water partition coefficient (Wildman–Crippen LogP) is 9.19. The van der Waals surface area contributed by atoms with E-state index in [2.05, 4.69) is 28.5 Å². The minimum atomic E-state index is -1.07. The number of benzene rings is 7. The molecule has 2 aliphatic heterocycles. The summed E-state index contributed by atoms with van der Waals surface area (Å²) >= 11 is 12.4. The number of hydrogen-bond donors (Lipinski definition) is 3. The number of phenols is 1. The minimum Gasteiger partial charge on any atom is -0.508 e. The summed E-state index contributed by atoms with van der Waals surface area (Å²) in [6.07, 6.45) is -0.639. The van der Waals surface area contributed by atoms with Crippen molar-refractivity contribution in [3.8, 4) is 16.9 Å². The van der Waals surface area contributed by atoms with Crippen LogP contribution in [0.25, 0.3) is 21.9 Å². The van der Waals surface area contributed by atoms with Crippen LogP contribution in [-0.4, -0.2) is 47.8 Å². The highest BCUT2D eigenvalue weighted by atomic mass is 35.5. The highest BCUT2D eigenvalue weighted by Gasteiger charge is 2.33. The van der Waals surface area contributed by atoms with Gasteiger partial charge in [-0.15, -0.1) is 0 Å². The molecule has 0 bridgehead atoms. The number of halogens is 2. The standard InChI is InChI=1S/C28H22ClN3O2.C21H17ClN2O2/c29-22-12-15-25-24(16-22)26(21-10-13-23(33)14-11-21)31-27(30)28(34)32(25)17-18-6-8-20(9-7-18)19-4-2-1-3-5-19;1-24-19-9-8-16(22)12-17(19)20(25)23-18(21(24)26)11-13-6-7-14-4-2-3-5-15(14)10-13/h1-16,27,33H,17,30H2;2-10,12,18H,11H2,1H3,(H,23,25). The lowest BCUT2D eigenvalue weighted by Gasteiger charge is -2.24. The van der Waals surface area contributed by atoms with Gasteiger partial charge < -0.3 is 26.0 Å². The summed E-state index contributed by atoms with van der Waals surface area (Å²) in [5.41, 5.74) is 14.1. The summed E-state index contributed by atoms with van der Waals surface area (Å²) in [6, 6.07) is 48.8. The van der Waals surface area contributed by atoms with Crippen LogP contribution in [0.5, 0.6) is 5.75 Å². The van der Waals surface area contributed by atoms with Crippen LogP contribution < -0.4 is 20.9 Å². The molecule has 2 aliphatic rings. The van der Waals surface area contributed by atoms with Gasteiger partial charge >= 0.3 is 0 Å². The molecular weight excluding hydrogens is 793 g/mol. The Morgan fingerprint density at radius 2 is 1.23 bits per heavy atom. The van der Waals surface area contributed by atoms with Crippen LogP contribution in [0, 0.1) is 0 Å². The lowest BCUT2D eigenvalue weighted by Crippen LogP contribution is -2.45. The number of amides is 3. The molecule has 7 aromatic rings. The number of aliphatic imine (C=N–C) groups is 1. The second-order valence-corrected chi connectivity index (χ2v) is 15.5. The topological polar surface area (TPSA) is 128 Å². The average molecular weight is 833 g/mol. The fourth-order valence-electron chi connectivity index (χ4n) is 7.48. The number of carbonyl (C=O) groups excluding carboxylic acids is 3. The van der Waals surface area contributed by atoms with Gasteiger partial charge in [-0.2, -0.15) is 0 Å². The Hall–Kier alpha value is -6.78. The van der Waals surface area contributed by atoms with Gasteiger partial charge in [-0.25, -0.2) is 0 Å². The zero-order valence-corrected chi connectivity index (χ0v) is 33.9. The Labute approximate surface area is 357 Å². The van der Waals surface area contributed by atoms with Gasteiger partial charge in [0.1, 0.15) is 11.8 Å². The number of nitrogens with two attached hydrogens (primary N) is 1. The lowest BCUT2D eigenvalue weighted by atomic mass is 9.99. The fourth-order valence-corrected chi connectivity index (χ4v) is 7.82. The van der Waals surface area contributed by atoms with Crippen LogP contribution >= 0.6 is 23.2 Å². The second kappa shape index (κ2) is 17.2. The number of fused-ring (bicyclic) bond motifs is 3. The fraction of sp³-hybridized carbons (Fsp3) is 0.102. The number of nitrogens with zero attached hydrogens (tertiary/aromatic N) is 3. The number of phenolic OH excluding ortho intramolecular Hbond substituents is 1. The average Bonchev–Trinajstić information content (AvgIpc) is 3.42. The van der Waals surface area contributed by atoms with Crippen LogP contribution in [0.15, 0.2) is 163 Å². The molecule has 60 heavy (non-hydrogen) atoms. The molecule has 0 spiro atoms. The Morgan fingerprint density at radius 3 is 1.95 bits per heavy atom. The number of aromatic hydroxyl groups is 1. The molecule has 2 atom stereocenters. The van der Waals surface area contributed by atoms with Gasteiger partial charge in [-0.1, -0.05) is 120 Å². The second-order valence-electron chi connectivity index (χ2n) is 14.6. The molecule has 11 heteroatoms. The van der Waals surface area contributed by atoms with Crippen molar-refractivity contribution in [3.63, 3.8) is 0 Å². The van der Waals surface area contributed by atoms with E-state index in [1.165, 1.54) is 4.90 Å². The first-order chi connectivity index (χ1) is 29.0. The molecule has 0 saturated carbocycles. The number of nitrogens with one attached hydrogen (secondary N) is 1. The predicted molar refractivity (Wildman–Crippen MR) is 240 cm³/mol. The van der Waals surface area contributed by atoms with E-state index in [1.807, 2.05) is 84.9 Å². The Balaban J connectivity index is 0.000000172. The Bertz CT molecular complexity index is 2780. The van der Waals surface area contributed by atoms with E-state index in [1.54, 1.807) is 66.5 Å². The Kier molecular flexibility index (Phi) is 11.5. The SMILES string of the molecule is CN1C(=O)C(Cc2ccc3ccccc3c2)NC(=O)c2cc(Cl)ccc21.NC1N=C(c2ccc(O)cc2)c2cc(Cl)ccc2N(Cc2ccc(-c3ccccc3)cc2)C1=O. The molecular formula is C49H39Cl2N5O4.